The number of hydrogen-bond donors (Lipinski definition) is 3. The Balaban J connectivity index is 2.23. The van der Waals surface area contributed by atoms with Crippen LogP contribution >= 0.6 is 15.9 Å². The van der Waals surface area contributed by atoms with E-state index in [1.807, 2.05) is 0 Å². The summed E-state index contributed by atoms with van der Waals surface area (Å²) in [5.74, 6) is -1.55. The molecule has 2 rings (SSSR count). The zero-order valence-electron chi connectivity index (χ0n) is 10.6. The van der Waals surface area contributed by atoms with Gasteiger partial charge >= 0.3 is 0 Å². The lowest BCUT2D eigenvalue weighted by Gasteiger charge is -2.11. The lowest BCUT2D eigenvalue weighted by molar-refractivity contribution is 0.318. The van der Waals surface area contributed by atoms with Gasteiger partial charge in [-0.15, -0.1) is 0 Å². The van der Waals surface area contributed by atoms with E-state index in [-0.39, 0.29) is 28.2 Å². The smallest absolute Gasteiger partial charge is 0.189 e. The summed E-state index contributed by atoms with van der Waals surface area (Å²) in [5, 5.41) is 14.4. The van der Waals surface area contributed by atoms with Gasteiger partial charge in [0.15, 0.2) is 5.84 Å². The van der Waals surface area contributed by atoms with Crippen LogP contribution in [0.5, 0.6) is 0 Å². The van der Waals surface area contributed by atoms with Crippen molar-refractivity contribution in [3.8, 4) is 0 Å². The van der Waals surface area contributed by atoms with Crippen molar-refractivity contribution in [3.63, 3.8) is 0 Å². The van der Waals surface area contributed by atoms with Crippen LogP contribution in [0.2, 0.25) is 0 Å². The summed E-state index contributed by atoms with van der Waals surface area (Å²) in [6.45, 7) is 0.175. The minimum atomic E-state index is -0.718. The first-order valence-electron chi connectivity index (χ1n) is 5.83. The molecule has 0 saturated heterocycles. The summed E-state index contributed by atoms with van der Waals surface area (Å²) in [6, 6.07) is 5.44. The fourth-order valence-corrected chi connectivity index (χ4v) is 2.05. The number of benzene rings is 1. The Labute approximate surface area is 127 Å². The first-order valence-corrected chi connectivity index (χ1v) is 6.62. The van der Waals surface area contributed by atoms with E-state index in [1.54, 1.807) is 12.1 Å². The van der Waals surface area contributed by atoms with Gasteiger partial charge in [0.2, 0.25) is 0 Å². The van der Waals surface area contributed by atoms with E-state index in [0.29, 0.717) is 5.56 Å². The average Bonchev–Trinajstić information content (AvgIpc) is 2.49. The molecule has 0 aliphatic rings. The first kappa shape index (κ1) is 15.2. The monoisotopic (exact) mass is 356 g/mol. The summed E-state index contributed by atoms with van der Waals surface area (Å²) >= 11 is 2.99. The molecule has 1 heterocycles. The number of oxime groups is 1. The normalized spacial score (nSPS) is 11.5. The number of halogens is 3. The topological polar surface area (TPSA) is 83.5 Å². The van der Waals surface area contributed by atoms with E-state index < -0.39 is 11.6 Å². The maximum absolute atomic E-state index is 13.6. The number of hydrogen-bond acceptors (Lipinski definition) is 4. The number of rotatable bonds is 4. The molecule has 0 radical (unpaired) electrons. The van der Waals surface area contributed by atoms with Gasteiger partial charge in [0.05, 0.1) is 10.2 Å². The molecule has 5 nitrogen and oxygen atoms in total. The van der Waals surface area contributed by atoms with E-state index in [2.05, 4.69) is 31.4 Å². The lowest BCUT2D eigenvalue weighted by Crippen LogP contribution is -2.18. The number of nitrogens with one attached hydrogen (secondary N) is 1. The molecule has 0 fully saturated rings. The number of aromatic nitrogens is 1. The number of pyridine rings is 1. The summed E-state index contributed by atoms with van der Waals surface area (Å²) < 4.78 is 26.9. The Hall–Kier alpha value is -2.22. The van der Waals surface area contributed by atoms with Crippen molar-refractivity contribution in [2.75, 3.05) is 5.32 Å². The molecule has 0 saturated carbocycles. The number of nitrogens with two attached hydrogens (primary N) is 1. The quantitative estimate of drug-likeness (QED) is 0.258. The molecule has 0 aliphatic heterocycles. The van der Waals surface area contributed by atoms with Gasteiger partial charge in [-0.2, -0.15) is 0 Å². The van der Waals surface area contributed by atoms with Crippen LogP contribution < -0.4 is 11.1 Å². The number of nitrogens with zero attached hydrogens (tertiary/aromatic N) is 2. The molecule has 4 N–H and O–H groups in total. The minimum absolute atomic E-state index is 0.123. The van der Waals surface area contributed by atoms with Crippen LogP contribution in [0.4, 0.5) is 14.5 Å². The Morgan fingerprint density at radius 1 is 1.38 bits per heavy atom. The van der Waals surface area contributed by atoms with Crippen LogP contribution in [0.15, 0.2) is 40.1 Å². The largest absolute Gasteiger partial charge is 0.409 e. The van der Waals surface area contributed by atoms with Crippen molar-refractivity contribution in [3.05, 3.63) is 57.8 Å². The van der Waals surface area contributed by atoms with E-state index in [9.17, 15) is 8.78 Å². The van der Waals surface area contributed by atoms with E-state index in [0.717, 1.165) is 6.07 Å². The third-order valence-corrected chi connectivity index (χ3v) is 3.33. The van der Waals surface area contributed by atoms with Gasteiger partial charge in [-0.1, -0.05) is 11.2 Å². The average molecular weight is 357 g/mol. The second-order valence-corrected chi connectivity index (χ2v) is 4.95. The van der Waals surface area contributed by atoms with Crippen molar-refractivity contribution in [1.29, 1.82) is 0 Å². The van der Waals surface area contributed by atoms with Gasteiger partial charge in [-0.05, 0) is 28.1 Å². The van der Waals surface area contributed by atoms with E-state index in [1.165, 1.54) is 12.3 Å². The van der Waals surface area contributed by atoms with Gasteiger partial charge < -0.3 is 16.3 Å². The van der Waals surface area contributed by atoms with Crippen LogP contribution in [-0.4, -0.2) is 16.0 Å². The third kappa shape index (κ3) is 3.46. The van der Waals surface area contributed by atoms with Crippen molar-refractivity contribution in [1.82, 2.24) is 4.98 Å². The van der Waals surface area contributed by atoms with Crippen LogP contribution in [0, 0.1) is 11.6 Å². The Bertz CT molecular complexity index is 694. The van der Waals surface area contributed by atoms with Gasteiger partial charge in [-0.25, -0.2) is 8.78 Å². The summed E-state index contributed by atoms with van der Waals surface area (Å²) in [6.07, 6.45) is 1.49. The zero-order valence-corrected chi connectivity index (χ0v) is 12.2. The Kier molecular flexibility index (Phi) is 4.69. The molecule has 0 aliphatic carbocycles. The molecule has 0 unspecified atom stereocenters. The first-order chi connectivity index (χ1) is 10.0. The molecule has 1 aromatic carbocycles. The Morgan fingerprint density at radius 2 is 2.14 bits per heavy atom. The summed E-state index contributed by atoms with van der Waals surface area (Å²) in [4.78, 5) is 4.00. The fraction of sp³-hybridized carbons (Fsp3) is 0.0769. The SMILES string of the molecule is N/C(=N/O)c1ncccc1CNc1cc(Br)c(F)cc1F. The predicted octanol–water partition coefficient (Wildman–Crippen LogP) is 2.83. The van der Waals surface area contributed by atoms with Crippen LogP contribution in [0.25, 0.3) is 0 Å². The molecular formula is C13H11BrF2N4O. The van der Waals surface area contributed by atoms with Crippen molar-refractivity contribution >= 4 is 27.5 Å². The van der Waals surface area contributed by atoms with Gasteiger partial charge in [0.1, 0.15) is 17.3 Å². The van der Waals surface area contributed by atoms with Crippen LogP contribution in [-0.2, 0) is 6.54 Å². The maximum Gasteiger partial charge on any atom is 0.189 e. The molecule has 110 valence electrons. The minimum Gasteiger partial charge on any atom is -0.409 e. The standard InChI is InChI=1S/C13H11BrF2N4O/c14-8-4-11(10(16)5-9(8)15)19-6-7-2-1-3-18-12(7)13(17)20-21/h1-5,19,21H,6H2,(H2,17,20). The summed E-state index contributed by atoms with van der Waals surface area (Å²) in [5.41, 5.74) is 6.53. The van der Waals surface area contributed by atoms with Crippen molar-refractivity contribution in [2.24, 2.45) is 10.9 Å². The van der Waals surface area contributed by atoms with E-state index in [4.69, 9.17) is 10.9 Å². The molecule has 21 heavy (non-hydrogen) atoms. The van der Waals surface area contributed by atoms with Crippen LogP contribution in [0.1, 0.15) is 11.3 Å². The maximum atomic E-state index is 13.6. The molecular weight excluding hydrogens is 346 g/mol. The second-order valence-electron chi connectivity index (χ2n) is 4.10. The molecule has 8 heteroatoms. The van der Waals surface area contributed by atoms with Gasteiger partial charge in [-0.3, -0.25) is 4.98 Å². The predicted molar refractivity (Wildman–Crippen MR) is 78.1 cm³/mol. The molecule has 0 amide bonds. The van der Waals surface area contributed by atoms with Gasteiger partial charge in [0.25, 0.3) is 0 Å². The molecule has 0 spiro atoms. The zero-order chi connectivity index (χ0) is 15.4. The fourth-order valence-electron chi connectivity index (χ4n) is 1.71. The second kappa shape index (κ2) is 6.49. The molecule has 1 aromatic heterocycles. The lowest BCUT2D eigenvalue weighted by atomic mass is 10.1. The highest BCUT2D eigenvalue weighted by Gasteiger charge is 2.11. The summed E-state index contributed by atoms with van der Waals surface area (Å²) in [7, 11) is 0. The Morgan fingerprint density at radius 3 is 2.86 bits per heavy atom. The van der Waals surface area contributed by atoms with E-state index >= 15 is 0 Å². The number of anilines is 1. The van der Waals surface area contributed by atoms with Crippen LogP contribution in [0.3, 0.4) is 0 Å². The molecule has 2 aromatic rings. The highest BCUT2D eigenvalue weighted by atomic mass is 79.9. The van der Waals surface area contributed by atoms with Crippen molar-refractivity contribution < 1.29 is 14.0 Å². The highest BCUT2D eigenvalue weighted by Crippen LogP contribution is 2.24. The molecule has 0 bridgehead atoms. The van der Waals surface area contributed by atoms with Crippen molar-refractivity contribution in [2.45, 2.75) is 6.54 Å². The highest BCUT2D eigenvalue weighted by molar-refractivity contribution is 9.10. The van der Waals surface area contributed by atoms with Gasteiger partial charge in [0, 0.05) is 24.4 Å². The third-order valence-electron chi connectivity index (χ3n) is 2.72. The number of amidine groups is 1. The molecule has 0 atom stereocenters.